The zero-order valence-electron chi connectivity index (χ0n) is 24.1. The Bertz CT molecular complexity index is 1340. The van der Waals surface area contributed by atoms with Crippen LogP contribution in [0, 0.1) is 16.7 Å². The highest BCUT2D eigenvalue weighted by atomic mass is 35.5. The monoisotopic (exact) mass is 616 g/mol. The van der Waals surface area contributed by atoms with Crippen molar-refractivity contribution in [2.24, 2.45) is 5.73 Å². The van der Waals surface area contributed by atoms with Gasteiger partial charge in [-0.15, -0.1) is 0 Å². The SMILES string of the molecule is CC.CC1(NCCN)CN(c2ncc(C(=N)c3cc(OCc4c(Cl)cncc4Cl)ccc3N)cc2C#N)C1.CSC. The summed E-state index contributed by atoms with van der Waals surface area (Å²) in [7, 11) is 0. The van der Waals surface area contributed by atoms with Crippen LogP contribution >= 0.6 is 35.0 Å². The van der Waals surface area contributed by atoms with Gasteiger partial charge < -0.3 is 26.4 Å². The summed E-state index contributed by atoms with van der Waals surface area (Å²) in [5.41, 5.74) is 14.2. The van der Waals surface area contributed by atoms with Crippen molar-refractivity contribution in [3.05, 3.63) is 75.2 Å². The molecule has 3 aromatic rings. The van der Waals surface area contributed by atoms with Crippen LogP contribution in [0.4, 0.5) is 11.5 Å². The van der Waals surface area contributed by atoms with Gasteiger partial charge in [-0.3, -0.25) is 10.4 Å². The van der Waals surface area contributed by atoms with Crippen molar-refractivity contribution < 1.29 is 4.74 Å². The van der Waals surface area contributed by atoms with Crippen molar-refractivity contribution in [1.29, 1.82) is 10.7 Å². The quantitative estimate of drug-likeness (QED) is 0.184. The summed E-state index contributed by atoms with van der Waals surface area (Å²) in [6, 6.07) is 8.91. The highest BCUT2D eigenvalue weighted by molar-refractivity contribution is 7.97. The van der Waals surface area contributed by atoms with E-state index in [0.717, 1.165) is 6.54 Å². The molecular formula is C29H38Cl2N8OS. The van der Waals surface area contributed by atoms with E-state index < -0.39 is 0 Å². The molecule has 1 saturated heterocycles. The molecule has 0 radical (unpaired) electrons. The molecule has 2 aromatic heterocycles. The molecule has 0 amide bonds. The van der Waals surface area contributed by atoms with E-state index in [1.165, 1.54) is 12.4 Å². The summed E-state index contributed by atoms with van der Waals surface area (Å²) >= 11 is 14.1. The van der Waals surface area contributed by atoms with Gasteiger partial charge in [-0.25, -0.2) is 4.98 Å². The van der Waals surface area contributed by atoms with Gasteiger partial charge in [0.15, 0.2) is 0 Å². The maximum absolute atomic E-state index is 9.77. The van der Waals surface area contributed by atoms with E-state index in [2.05, 4.69) is 28.3 Å². The second-order valence-corrected chi connectivity index (χ2v) is 10.9. The number of thioether (sulfide) groups is 1. The fourth-order valence-corrected chi connectivity index (χ4v) is 4.56. The Balaban J connectivity index is 0.00000110. The number of nitrogen functional groups attached to an aromatic ring is 1. The second kappa shape index (κ2) is 16.4. The molecule has 0 atom stereocenters. The third-order valence-electron chi connectivity index (χ3n) is 5.98. The van der Waals surface area contributed by atoms with Gasteiger partial charge in [-0.1, -0.05) is 37.0 Å². The minimum Gasteiger partial charge on any atom is -0.489 e. The summed E-state index contributed by atoms with van der Waals surface area (Å²) in [5.74, 6) is 1.08. The van der Waals surface area contributed by atoms with E-state index in [4.69, 9.17) is 44.8 Å². The van der Waals surface area contributed by atoms with Gasteiger partial charge in [0.1, 0.15) is 24.2 Å². The Morgan fingerprint density at radius 3 is 2.41 bits per heavy atom. The Morgan fingerprint density at radius 2 is 1.83 bits per heavy atom. The molecule has 1 aliphatic heterocycles. The number of ether oxygens (including phenoxy) is 1. The van der Waals surface area contributed by atoms with Gasteiger partial charge in [-0.05, 0) is 43.7 Å². The van der Waals surface area contributed by atoms with Crippen molar-refractivity contribution in [2.45, 2.75) is 32.9 Å². The first-order valence-corrected chi connectivity index (χ1v) is 15.4. The van der Waals surface area contributed by atoms with Crippen LogP contribution in [0.15, 0.2) is 42.9 Å². The number of pyridine rings is 2. The smallest absolute Gasteiger partial charge is 0.146 e. The number of hydrogen-bond donors (Lipinski definition) is 4. The largest absolute Gasteiger partial charge is 0.489 e. The predicted octanol–water partition coefficient (Wildman–Crippen LogP) is 5.36. The number of rotatable bonds is 9. The third kappa shape index (κ3) is 8.96. The molecule has 1 aliphatic rings. The van der Waals surface area contributed by atoms with Gasteiger partial charge in [0.25, 0.3) is 0 Å². The molecule has 220 valence electrons. The zero-order valence-corrected chi connectivity index (χ0v) is 26.4. The summed E-state index contributed by atoms with van der Waals surface area (Å²) in [5, 5.41) is 22.7. The summed E-state index contributed by atoms with van der Waals surface area (Å²) in [6.45, 7) is 8.96. The molecule has 9 nitrogen and oxygen atoms in total. The number of nitrogens with one attached hydrogen (secondary N) is 2. The average molecular weight is 618 g/mol. The molecule has 1 fully saturated rings. The molecule has 3 heterocycles. The third-order valence-corrected chi connectivity index (χ3v) is 6.63. The maximum atomic E-state index is 9.77. The molecule has 0 aliphatic carbocycles. The number of aromatic nitrogens is 2. The van der Waals surface area contributed by atoms with E-state index >= 15 is 0 Å². The first kappa shape index (κ1) is 34.1. The molecule has 0 bridgehead atoms. The number of nitriles is 1. The van der Waals surface area contributed by atoms with Crippen LogP contribution < -0.4 is 26.4 Å². The van der Waals surface area contributed by atoms with Crippen LogP contribution in [0.1, 0.15) is 43.0 Å². The minimum atomic E-state index is -0.0707. The van der Waals surface area contributed by atoms with Crippen molar-refractivity contribution in [2.75, 3.05) is 49.3 Å². The van der Waals surface area contributed by atoms with E-state index in [1.807, 2.05) is 31.3 Å². The highest BCUT2D eigenvalue weighted by Gasteiger charge is 2.39. The Morgan fingerprint density at radius 1 is 1.20 bits per heavy atom. The summed E-state index contributed by atoms with van der Waals surface area (Å²) < 4.78 is 5.86. The van der Waals surface area contributed by atoms with Gasteiger partial charge in [-0.2, -0.15) is 17.0 Å². The highest BCUT2D eigenvalue weighted by Crippen LogP contribution is 2.31. The molecule has 41 heavy (non-hydrogen) atoms. The van der Waals surface area contributed by atoms with Crippen LogP contribution in [0.2, 0.25) is 10.0 Å². The number of halogens is 2. The number of benzene rings is 1. The predicted molar refractivity (Wildman–Crippen MR) is 173 cm³/mol. The standard InChI is InChI=1S/C25H26Cl2N8O.C2H6S.C2H6/c1-25(34-5-4-28)13-35(14-25)24-15(8-29)6-16(9-33-24)23(31)18-7-17(2-3-22(18)30)36-12-19-20(26)10-32-11-21(19)27;1-3-2;1-2/h2-3,6-7,9-11,31,34H,4-5,12-14,28,30H2,1H3;1-2H3;1-2H3. The van der Waals surface area contributed by atoms with Gasteiger partial charge >= 0.3 is 0 Å². The maximum Gasteiger partial charge on any atom is 0.146 e. The van der Waals surface area contributed by atoms with Gasteiger partial charge in [0.05, 0.1) is 26.9 Å². The molecule has 1 aromatic carbocycles. The Labute approximate surface area is 257 Å². The second-order valence-electron chi connectivity index (χ2n) is 9.24. The van der Waals surface area contributed by atoms with Crippen molar-refractivity contribution in [3.8, 4) is 11.8 Å². The van der Waals surface area contributed by atoms with Crippen molar-refractivity contribution in [3.63, 3.8) is 0 Å². The molecule has 6 N–H and O–H groups in total. The van der Waals surface area contributed by atoms with Crippen molar-refractivity contribution in [1.82, 2.24) is 15.3 Å². The first-order valence-electron chi connectivity index (χ1n) is 13.1. The van der Waals surface area contributed by atoms with Crippen LogP contribution in [-0.2, 0) is 6.61 Å². The van der Waals surface area contributed by atoms with E-state index in [-0.39, 0.29) is 17.9 Å². The zero-order chi connectivity index (χ0) is 30.6. The molecule has 0 unspecified atom stereocenters. The van der Waals surface area contributed by atoms with Crippen LogP contribution in [0.3, 0.4) is 0 Å². The van der Waals surface area contributed by atoms with Crippen molar-refractivity contribution >= 4 is 52.2 Å². The Kier molecular flexibility index (Phi) is 13.6. The van der Waals surface area contributed by atoms with Crippen LogP contribution in [-0.4, -0.2) is 59.9 Å². The average Bonchev–Trinajstić information content (AvgIpc) is 2.96. The summed E-state index contributed by atoms with van der Waals surface area (Å²) in [4.78, 5) is 10.5. The molecule has 4 rings (SSSR count). The Hall–Kier alpha value is -3.07. The number of hydrogen-bond acceptors (Lipinski definition) is 10. The first-order chi connectivity index (χ1) is 19.7. The van der Waals surface area contributed by atoms with Gasteiger partial charge in [0.2, 0.25) is 0 Å². The fraction of sp³-hybridized carbons (Fsp3) is 0.379. The fourth-order valence-electron chi connectivity index (χ4n) is 4.09. The van der Waals surface area contributed by atoms with Crippen LogP contribution in [0.5, 0.6) is 5.75 Å². The van der Waals surface area contributed by atoms with Crippen LogP contribution in [0.25, 0.3) is 0 Å². The minimum absolute atomic E-state index is 0.0707. The number of nitrogens with zero attached hydrogens (tertiary/aromatic N) is 4. The lowest BCUT2D eigenvalue weighted by molar-refractivity contribution is 0.284. The molecular weight excluding hydrogens is 579 g/mol. The molecule has 0 saturated carbocycles. The van der Waals surface area contributed by atoms with Gasteiger partial charge in [0, 0.05) is 67.1 Å². The number of anilines is 2. The van der Waals surface area contributed by atoms with E-state index in [9.17, 15) is 5.26 Å². The lowest BCUT2D eigenvalue weighted by Crippen LogP contribution is -2.68. The van der Waals surface area contributed by atoms with E-state index in [0.29, 0.717) is 69.2 Å². The topological polar surface area (TPSA) is 150 Å². The number of nitrogens with two attached hydrogens (primary N) is 2. The normalized spacial score (nSPS) is 13.0. The lowest BCUT2D eigenvalue weighted by Gasteiger charge is -2.49. The molecule has 12 heteroatoms. The molecule has 0 spiro atoms. The lowest BCUT2D eigenvalue weighted by atomic mass is 9.91. The summed E-state index contributed by atoms with van der Waals surface area (Å²) in [6.07, 6.45) is 8.67. The van der Waals surface area contributed by atoms with E-state index in [1.54, 1.807) is 42.2 Å².